The molecule has 1 amide bonds. The number of nitrogens with one attached hydrogen (secondary N) is 1. The predicted molar refractivity (Wildman–Crippen MR) is 107 cm³/mol. The lowest BCUT2D eigenvalue weighted by Gasteiger charge is -2.15. The van der Waals surface area contributed by atoms with Crippen LogP contribution in [0.4, 0.5) is 0 Å². The van der Waals surface area contributed by atoms with E-state index in [-0.39, 0.29) is 12.0 Å². The van der Waals surface area contributed by atoms with E-state index < -0.39 is 6.10 Å². The van der Waals surface area contributed by atoms with Gasteiger partial charge in [0.1, 0.15) is 17.2 Å². The largest absolute Gasteiger partial charge is 0.497 e. The van der Waals surface area contributed by atoms with E-state index in [0.717, 1.165) is 18.6 Å². The van der Waals surface area contributed by atoms with E-state index >= 15 is 0 Å². The van der Waals surface area contributed by atoms with Crippen LogP contribution >= 0.6 is 0 Å². The quantitative estimate of drug-likeness (QED) is 0.642. The summed E-state index contributed by atoms with van der Waals surface area (Å²) in [5, 5.41) is 2.92. The number of benzene rings is 2. The zero-order valence-electron chi connectivity index (χ0n) is 16.5. The zero-order chi connectivity index (χ0) is 19.6. The molecule has 2 aromatic carbocycles. The van der Waals surface area contributed by atoms with Gasteiger partial charge in [-0.25, -0.2) is 0 Å². The number of carbonyl (C=O) groups excluding carboxylic acids is 1. The molecule has 0 radical (unpaired) electrons. The molecular weight excluding hydrogens is 342 g/mol. The van der Waals surface area contributed by atoms with Crippen LogP contribution in [0.5, 0.6) is 17.2 Å². The first-order valence-electron chi connectivity index (χ1n) is 9.32. The molecule has 0 aliphatic carbocycles. The van der Waals surface area contributed by atoms with Gasteiger partial charge in [-0.3, -0.25) is 4.79 Å². The van der Waals surface area contributed by atoms with Gasteiger partial charge in [-0.15, -0.1) is 0 Å². The molecule has 0 aromatic heterocycles. The van der Waals surface area contributed by atoms with Gasteiger partial charge in [0.25, 0.3) is 5.91 Å². The van der Waals surface area contributed by atoms with E-state index in [4.69, 9.17) is 14.2 Å². The van der Waals surface area contributed by atoms with Crippen molar-refractivity contribution in [1.29, 1.82) is 0 Å². The molecule has 5 heteroatoms. The highest BCUT2D eigenvalue weighted by atomic mass is 16.5. The minimum Gasteiger partial charge on any atom is -0.497 e. The van der Waals surface area contributed by atoms with Crippen molar-refractivity contribution >= 4 is 5.91 Å². The molecule has 0 aliphatic rings. The minimum absolute atomic E-state index is 0.130. The molecule has 0 saturated carbocycles. The molecule has 0 spiro atoms. The lowest BCUT2D eigenvalue weighted by Crippen LogP contribution is -2.36. The molecule has 0 aliphatic heterocycles. The molecule has 146 valence electrons. The number of methoxy groups -OCH3 is 1. The number of ether oxygens (including phenoxy) is 3. The smallest absolute Gasteiger partial charge is 0.260 e. The van der Waals surface area contributed by atoms with Gasteiger partial charge in [0.05, 0.1) is 13.2 Å². The molecule has 1 N–H and O–H groups in total. The Morgan fingerprint density at radius 1 is 0.963 bits per heavy atom. The first kappa shape index (κ1) is 20.6. The summed E-state index contributed by atoms with van der Waals surface area (Å²) < 4.78 is 16.5. The standard InChI is InChI=1S/C22H29NO4/c1-16(2)26-20-11-5-8-18(14-20)9-7-13-23-22(24)17(3)27-21-12-6-10-19(15-21)25-4/h5-6,8,10-12,14-17H,7,9,13H2,1-4H3,(H,23,24)/t17-/m1/s1. The molecule has 5 nitrogen and oxygen atoms in total. The maximum Gasteiger partial charge on any atom is 0.260 e. The third kappa shape index (κ3) is 7.21. The highest BCUT2D eigenvalue weighted by Crippen LogP contribution is 2.20. The Labute approximate surface area is 161 Å². The van der Waals surface area contributed by atoms with Crippen molar-refractivity contribution in [3.63, 3.8) is 0 Å². The fourth-order valence-corrected chi connectivity index (χ4v) is 2.63. The first-order valence-corrected chi connectivity index (χ1v) is 9.32. The lowest BCUT2D eigenvalue weighted by atomic mass is 10.1. The second-order valence-corrected chi connectivity index (χ2v) is 6.65. The third-order valence-corrected chi connectivity index (χ3v) is 3.93. The van der Waals surface area contributed by atoms with Crippen molar-refractivity contribution in [2.45, 2.75) is 45.8 Å². The number of hydrogen-bond acceptors (Lipinski definition) is 4. The molecule has 0 saturated heterocycles. The van der Waals surface area contributed by atoms with E-state index in [9.17, 15) is 4.79 Å². The average Bonchev–Trinajstić information content (AvgIpc) is 2.65. The number of carbonyl (C=O) groups is 1. The number of aryl methyl sites for hydroxylation is 1. The van der Waals surface area contributed by atoms with Crippen molar-refractivity contribution in [3.8, 4) is 17.2 Å². The van der Waals surface area contributed by atoms with Crippen LogP contribution in [0.25, 0.3) is 0 Å². The van der Waals surface area contributed by atoms with Crippen LogP contribution < -0.4 is 19.5 Å². The first-order chi connectivity index (χ1) is 13.0. The second kappa shape index (κ2) is 10.5. The Morgan fingerprint density at radius 2 is 1.63 bits per heavy atom. The Hall–Kier alpha value is -2.69. The maximum atomic E-state index is 12.2. The van der Waals surface area contributed by atoms with E-state index in [1.54, 1.807) is 26.2 Å². The summed E-state index contributed by atoms with van der Waals surface area (Å²) in [7, 11) is 1.60. The molecule has 0 bridgehead atoms. The van der Waals surface area contributed by atoms with Crippen LogP contribution in [0.2, 0.25) is 0 Å². The van der Waals surface area contributed by atoms with Crippen molar-refractivity contribution in [2.24, 2.45) is 0 Å². The molecule has 1 atom stereocenters. The van der Waals surface area contributed by atoms with Gasteiger partial charge in [-0.2, -0.15) is 0 Å². The van der Waals surface area contributed by atoms with Crippen molar-refractivity contribution < 1.29 is 19.0 Å². The minimum atomic E-state index is -0.570. The Bertz CT molecular complexity index is 730. The monoisotopic (exact) mass is 371 g/mol. The normalized spacial score (nSPS) is 11.7. The molecule has 0 unspecified atom stereocenters. The van der Waals surface area contributed by atoms with Crippen molar-refractivity contribution in [1.82, 2.24) is 5.32 Å². The fourth-order valence-electron chi connectivity index (χ4n) is 2.63. The fraction of sp³-hybridized carbons (Fsp3) is 0.409. The van der Waals surface area contributed by atoms with Crippen LogP contribution in [0, 0.1) is 0 Å². The lowest BCUT2D eigenvalue weighted by molar-refractivity contribution is -0.127. The average molecular weight is 371 g/mol. The Morgan fingerprint density at radius 3 is 2.33 bits per heavy atom. The summed E-state index contributed by atoms with van der Waals surface area (Å²) >= 11 is 0. The highest BCUT2D eigenvalue weighted by Gasteiger charge is 2.14. The van der Waals surface area contributed by atoms with Gasteiger partial charge in [0.15, 0.2) is 6.10 Å². The molecule has 2 rings (SSSR count). The molecule has 0 fully saturated rings. The van der Waals surface area contributed by atoms with Crippen LogP contribution in [-0.4, -0.2) is 31.8 Å². The summed E-state index contributed by atoms with van der Waals surface area (Å²) in [5.41, 5.74) is 1.20. The van der Waals surface area contributed by atoms with Gasteiger partial charge < -0.3 is 19.5 Å². The number of hydrogen-bond donors (Lipinski definition) is 1. The molecular formula is C22H29NO4. The topological polar surface area (TPSA) is 56.8 Å². The van der Waals surface area contributed by atoms with Gasteiger partial charge in [0.2, 0.25) is 0 Å². The maximum absolute atomic E-state index is 12.2. The SMILES string of the molecule is COc1cccc(O[C@H](C)C(=O)NCCCc2cccc(OC(C)C)c2)c1. The summed E-state index contributed by atoms with van der Waals surface area (Å²) in [6.07, 6.45) is 1.31. The van der Waals surface area contributed by atoms with Crippen molar-refractivity contribution in [2.75, 3.05) is 13.7 Å². The Balaban J connectivity index is 1.73. The summed E-state index contributed by atoms with van der Waals surface area (Å²) in [6.45, 7) is 6.36. The second-order valence-electron chi connectivity index (χ2n) is 6.65. The molecule has 27 heavy (non-hydrogen) atoms. The predicted octanol–water partition coefficient (Wildman–Crippen LogP) is 4.00. The van der Waals surface area contributed by atoms with E-state index in [1.807, 2.05) is 38.1 Å². The van der Waals surface area contributed by atoms with Gasteiger partial charge in [0, 0.05) is 12.6 Å². The number of rotatable bonds is 10. The molecule has 0 heterocycles. The van der Waals surface area contributed by atoms with Gasteiger partial charge in [-0.05, 0) is 63.4 Å². The highest BCUT2D eigenvalue weighted by molar-refractivity contribution is 5.80. The van der Waals surface area contributed by atoms with Gasteiger partial charge >= 0.3 is 0 Å². The van der Waals surface area contributed by atoms with Crippen LogP contribution in [0.1, 0.15) is 32.8 Å². The summed E-state index contributed by atoms with van der Waals surface area (Å²) in [4.78, 5) is 12.2. The van der Waals surface area contributed by atoms with Crippen LogP contribution in [-0.2, 0) is 11.2 Å². The van der Waals surface area contributed by atoms with Crippen LogP contribution in [0.3, 0.4) is 0 Å². The zero-order valence-corrected chi connectivity index (χ0v) is 16.5. The van der Waals surface area contributed by atoms with E-state index in [2.05, 4.69) is 17.4 Å². The van der Waals surface area contributed by atoms with Crippen molar-refractivity contribution in [3.05, 3.63) is 54.1 Å². The van der Waals surface area contributed by atoms with E-state index in [1.165, 1.54) is 5.56 Å². The summed E-state index contributed by atoms with van der Waals surface area (Å²) in [6, 6.07) is 15.3. The van der Waals surface area contributed by atoms with Crippen LogP contribution in [0.15, 0.2) is 48.5 Å². The summed E-state index contributed by atoms with van der Waals surface area (Å²) in [5.74, 6) is 2.06. The third-order valence-electron chi connectivity index (χ3n) is 3.93. The van der Waals surface area contributed by atoms with E-state index in [0.29, 0.717) is 18.0 Å². The Kier molecular flexibility index (Phi) is 7.99. The number of amides is 1. The molecule has 2 aromatic rings. The van der Waals surface area contributed by atoms with Gasteiger partial charge in [-0.1, -0.05) is 18.2 Å².